The molecule has 0 amide bonds. The maximum atomic E-state index is 13.0. The molecule has 0 atom stereocenters. The summed E-state index contributed by atoms with van der Waals surface area (Å²) in [6.07, 6.45) is 1.48. The highest BCUT2D eigenvalue weighted by Crippen LogP contribution is 2.34. The lowest BCUT2D eigenvalue weighted by molar-refractivity contribution is -0.137. The zero-order chi connectivity index (χ0) is 20.7. The first-order valence-electron chi connectivity index (χ1n) is 8.47. The third kappa shape index (κ3) is 3.51. The van der Waals surface area contributed by atoms with Crippen LogP contribution < -0.4 is 10.6 Å². The van der Waals surface area contributed by atoms with E-state index in [0.717, 1.165) is 17.5 Å². The van der Waals surface area contributed by atoms with Crippen molar-refractivity contribution in [2.75, 3.05) is 17.7 Å². The number of nitrogens with one attached hydrogen (secondary N) is 2. The van der Waals surface area contributed by atoms with Crippen LogP contribution in [0.25, 0.3) is 0 Å². The SMILES string of the molecule is CNc1nc(Nc2cnn(C(C)(C)c3cnn(C)c3)c2C)ncc1C(F)(F)F. The molecule has 28 heavy (non-hydrogen) atoms. The van der Waals surface area contributed by atoms with Crippen molar-refractivity contribution in [2.24, 2.45) is 7.05 Å². The maximum Gasteiger partial charge on any atom is 0.421 e. The van der Waals surface area contributed by atoms with Gasteiger partial charge >= 0.3 is 6.18 Å². The van der Waals surface area contributed by atoms with Gasteiger partial charge in [-0.05, 0) is 20.8 Å². The topological polar surface area (TPSA) is 85.5 Å². The molecular formula is C17H21F3N8. The van der Waals surface area contributed by atoms with E-state index in [1.807, 2.05) is 38.7 Å². The van der Waals surface area contributed by atoms with Crippen molar-refractivity contribution < 1.29 is 13.2 Å². The quantitative estimate of drug-likeness (QED) is 0.691. The zero-order valence-corrected chi connectivity index (χ0v) is 16.1. The van der Waals surface area contributed by atoms with Crippen molar-refractivity contribution in [3.8, 4) is 0 Å². The average Bonchev–Trinajstić information content (AvgIpc) is 3.21. The lowest BCUT2D eigenvalue weighted by Crippen LogP contribution is -2.29. The van der Waals surface area contributed by atoms with Crippen molar-refractivity contribution in [1.29, 1.82) is 0 Å². The van der Waals surface area contributed by atoms with Crippen LogP contribution in [0.1, 0.15) is 30.7 Å². The van der Waals surface area contributed by atoms with E-state index in [2.05, 4.69) is 30.8 Å². The van der Waals surface area contributed by atoms with E-state index in [0.29, 0.717) is 5.69 Å². The number of halogens is 3. The molecule has 0 aromatic carbocycles. The second kappa shape index (κ2) is 6.80. The number of rotatable bonds is 5. The number of aryl methyl sites for hydroxylation is 1. The molecule has 3 heterocycles. The molecule has 2 N–H and O–H groups in total. The molecule has 0 saturated carbocycles. The largest absolute Gasteiger partial charge is 0.421 e. The molecule has 0 fully saturated rings. The van der Waals surface area contributed by atoms with Gasteiger partial charge in [0, 0.05) is 32.1 Å². The first kappa shape index (κ1) is 19.6. The molecule has 8 nitrogen and oxygen atoms in total. The Kier molecular flexibility index (Phi) is 4.77. The van der Waals surface area contributed by atoms with Crippen molar-refractivity contribution in [3.63, 3.8) is 0 Å². The summed E-state index contributed by atoms with van der Waals surface area (Å²) in [5.74, 6) is -0.259. The van der Waals surface area contributed by atoms with Crippen LogP contribution in [0.15, 0.2) is 24.8 Å². The Labute approximate surface area is 159 Å². The Morgan fingerprint density at radius 3 is 2.36 bits per heavy atom. The number of alkyl halides is 3. The minimum Gasteiger partial charge on any atom is -0.372 e. The first-order chi connectivity index (χ1) is 13.0. The summed E-state index contributed by atoms with van der Waals surface area (Å²) >= 11 is 0. The molecule has 3 aromatic rings. The van der Waals surface area contributed by atoms with E-state index >= 15 is 0 Å². The Bertz CT molecular complexity index is 987. The predicted molar refractivity (Wildman–Crippen MR) is 98.5 cm³/mol. The van der Waals surface area contributed by atoms with Gasteiger partial charge < -0.3 is 10.6 Å². The second-order valence-electron chi connectivity index (χ2n) is 6.85. The predicted octanol–water partition coefficient (Wildman–Crippen LogP) is 3.30. The molecule has 3 rings (SSSR count). The van der Waals surface area contributed by atoms with Crippen LogP contribution in [0, 0.1) is 6.92 Å². The highest BCUT2D eigenvalue weighted by atomic mass is 19.4. The Hall–Kier alpha value is -3.11. The standard InChI is InChI=1S/C17H21F3N8/c1-10-13(8-24-28(10)16(2,3)11-6-23-27(5)9-11)25-15-22-7-12(17(18,19)20)14(21-4)26-15/h6-9H,1-5H3,(H2,21,22,25,26). The van der Waals surface area contributed by atoms with Gasteiger partial charge in [-0.3, -0.25) is 9.36 Å². The summed E-state index contributed by atoms with van der Waals surface area (Å²) in [4.78, 5) is 7.71. The van der Waals surface area contributed by atoms with Crippen molar-refractivity contribution >= 4 is 17.5 Å². The fourth-order valence-corrected chi connectivity index (χ4v) is 2.92. The van der Waals surface area contributed by atoms with E-state index < -0.39 is 17.3 Å². The molecule has 0 aliphatic carbocycles. The molecule has 0 radical (unpaired) electrons. The normalized spacial score (nSPS) is 12.3. The van der Waals surface area contributed by atoms with Crippen LogP contribution in [0.4, 0.5) is 30.6 Å². The van der Waals surface area contributed by atoms with E-state index in [1.54, 1.807) is 17.1 Å². The second-order valence-corrected chi connectivity index (χ2v) is 6.85. The minimum atomic E-state index is -4.54. The van der Waals surface area contributed by atoms with E-state index in [-0.39, 0.29) is 11.8 Å². The summed E-state index contributed by atoms with van der Waals surface area (Å²) < 4.78 is 42.5. The summed E-state index contributed by atoms with van der Waals surface area (Å²) in [6.45, 7) is 5.86. The van der Waals surface area contributed by atoms with Gasteiger partial charge in [0.1, 0.15) is 11.4 Å². The monoisotopic (exact) mass is 394 g/mol. The summed E-state index contributed by atoms with van der Waals surface area (Å²) in [7, 11) is 3.21. The number of nitrogens with zero attached hydrogens (tertiary/aromatic N) is 6. The minimum absolute atomic E-state index is 0.0409. The van der Waals surface area contributed by atoms with Gasteiger partial charge in [0.2, 0.25) is 5.95 Å². The fourth-order valence-electron chi connectivity index (χ4n) is 2.92. The average molecular weight is 394 g/mol. The van der Waals surface area contributed by atoms with Gasteiger partial charge in [-0.2, -0.15) is 28.4 Å². The summed E-state index contributed by atoms with van der Waals surface area (Å²) in [5, 5.41) is 14.0. The molecule has 0 bridgehead atoms. The van der Waals surface area contributed by atoms with Crippen LogP contribution in [-0.2, 0) is 18.8 Å². The smallest absolute Gasteiger partial charge is 0.372 e. The van der Waals surface area contributed by atoms with Gasteiger partial charge in [0.15, 0.2) is 0 Å². The Morgan fingerprint density at radius 1 is 1.07 bits per heavy atom. The lowest BCUT2D eigenvalue weighted by atomic mass is 9.98. The molecular weight excluding hydrogens is 373 g/mol. The van der Waals surface area contributed by atoms with Gasteiger partial charge in [-0.1, -0.05) is 0 Å². The lowest BCUT2D eigenvalue weighted by Gasteiger charge is -2.26. The van der Waals surface area contributed by atoms with Crippen LogP contribution in [-0.4, -0.2) is 36.6 Å². The van der Waals surface area contributed by atoms with Gasteiger partial charge in [0.25, 0.3) is 0 Å². The van der Waals surface area contributed by atoms with Crippen LogP contribution >= 0.6 is 0 Å². The van der Waals surface area contributed by atoms with Crippen LogP contribution in [0.2, 0.25) is 0 Å². The van der Waals surface area contributed by atoms with E-state index in [1.165, 1.54) is 7.05 Å². The molecule has 0 saturated heterocycles. The van der Waals surface area contributed by atoms with Gasteiger partial charge in [-0.25, -0.2) is 4.98 Å². The molecule has 0 spiro atoms. The fraction of sp³-hybridized carbons (Fsp3) is 0.412. The summed E-state index contributed by atoms with van der Waals surface area (Å²) in [5.41, 5.74) is 0.943. The maximum absolute atomic E-state index is 13.0. The van der Waals surface area contributed by atoms with Crippen molar-refractivity contribution in [2.45, 2.75) is 32.5 Å². The van der Waals surface area contributed by atoms with Crippen LogP contribution in [0.3, 0.4) is 0 Å². The molecule has 3 aromatic heterocycles. The Balaban J connectivity index is 1.91. The van der Waals surface area contributed by atoms with E-state index in [9.17, 15) is 13.2 Å². The third-order valence-electron chi connectivity index (χ3n) is 4.53. The van der Waals surface area contributed by atoms with Gasteiger partial charge in [-0.15, -0.1) is 0 Å². The number of aromatic nitrogens is 6. The summed E-state index contributed by atoms with van der Waals surface area (Å²) in [6, 6.07) is 0. The van der Waals surface area contributed by atoms with Crippen molar-refractivity contribution in [3.05, 3.63) is 41.6 Å². The zero-order valence-electron chi connectivity index (χ0n) is 16.1. The van der Waals surface area contributed by atoms with Crippen molar-refractivity contribution in [1.82, 2.24) is 29.5 Å². The molecule has 0 aliphatic heterocycles. The molecule has 11 heteroatoms. The van der Waals surface area contributed by atoms with Crippen LogP contribution in [0.5, 0.6) is 0 Å². The highest BCUT2D eigenvalue weighted by molar-refractivity contribution is 5.58. The first-order valence-corrected chi connectivity index (χ1v) is 8.47. The number of anilines is 3. The molecule has 0 aliphatic rings. The Morgan fingerprint density at radius 2 is 1.79 bits per heavy atom. The number of hydrogen-bond acceptors (Lipinski definition) is 6. The molecule has 150 valence electrons. The third-order valence-corrected chi connectivity index (χ3v) is 4.53. The highest BCUT2D eigenvalue weighted by Gasteiger charge is 2.35. The number of hydrogen-bond donors (Lipinski definition) is 2. The van der Waals surface area contributed by atoms with Gasteiger partial charge in [0.05, 0.1) is 29.3 Å². The van der Waals surface area contributed by atoms with E-state index in [4.69, 9.17) is 0 Å². The molecule has 0 unspecified atom stereocenters.